The van der Waals surface area contributed by atoms with Crippen molar-refractivity contribution in [3.63, 3.8) is 0 Å². The summed E-state index contributed by atoms with van der Waals surface area (Å²) in [5.41, 5.74) is 0.724. The quantitative estimate of drug-likeness (QED) is 0.924. The zero-order valence-corrected chi connectivity index (χ0v) is 11.9. The number of halogens is 2. The van der Waals surface area contributed by atoms with Gasteiger partial charge in [-0.05, 0) is 24.6 Å². The summed E-state index contributed by atoms with van der Waals surface area (Å²) >= 11 is 5.67. The molecule has 0 radical (unpaired) electrons. The van der Waals surface area contributed by atoms with Gasteiger partial charge in [0, 0.05) is 26.1 Å². The van der Waals surface area contributed by atoms with Gasteiger partial charge in [-0.3, -0.25) is 9.59 Å². The second-order valence-corrected chi connectivity index (χ2v) is 5.21. The Morgan fingerprint density at radius 1 is 1.55 bits per heavy atom. The maximum atomic E-state index is 13.0. The number of hydrogen-bond acceptors (Lipinski definition) is 2. The lowest BCUT2D eigenvalue weighted by molar-refractivity contribution is -0.128. The second kappa shape index (κ2) is 6.22. The minimum Gasteiger partial charge on any atom is -0.352 e. The van der Waals surface area contributed by atoms with E-state index in [1.165, 1.54) is 12.1 Å². The lowest BCUT2D eigenvalue weighted by Gasteiger charge is -2.13. The molecule has 1 aromatic carbocycles. The van der Waals surface area contributed by atoms with Crippen molar-refractivity contribution in [2.24, 2.45) is 5.92 Å². The summed E-state index contributed by atoms with van der Waals surface area (Å²) in [6.07, 6.45) is 0.254. The van der Waals surface area contributed by atoms with Crippen LogP contribution >= 0.6 is 11.6 Å². The minimum atomic E-state index is -0.485. The molecule has 1 unspecified atom stereocenters. The number of likely N-dealkylation sites (tertiary alicyclic amines) is 1. The largest absolute Gasteiger partial charge is 0.352 e. The van der Waals surface area contributed by atoms with E-state index in [9.17, 15) is 14.0 Å². The number of hydrogen-bond donors (Lipinski definition) is 1. The minimum absolute atomic E-state index is 0.0116. The van der Waals surface area contributed by atoms with Gasteiger partial charge in [0.1, 0.15) is 5.82 Å². The van der Waals surface area contributed by atoms with Crippen LogP contribution in [0.3, 0.4) is 0 Å². The highest BCUT2D eigenvalue weighted by molar-refractivity contribution is 6.30. The zero-order chi connectivity index (χ0) is 14.7. The second-order valence-electron chi connectivity index (χ2n) is 4.80. The fraction of sp³-hybridized carbons (Fsp3) is 0.429. The van der Waals surface area contributed by atoms with E-state index in [4.69, 9.17) is 11.6 Å². The molecule has 6 heteroatoms. The molecule has 1 atom stereocenters. The van der Waals surface area contributed by atoms with Crippen molar-refractivity contribution >= 4 is 23.4 Å². The first kappa shape index (κ1) is 14.8. The number of nitrogens with one attached hydrogen (secondary N) is 1. The molecular formula is C14H16ClFN2O2. The molecule has 4 nitrogen and oxygen atoms in total. The fourth-order valence-electron chi connectivity index (χ4n) is 2.24. The first-order chi connectivity index (χ1) is 9.51. The number of carbonyl (C=O) groups excluding carboxylic acids is 2. The maximum absolute atomic E-state index is 13.0. The molecule has 1 N–H and O–H groups in total. The molecule has 1 aliphatic rings. The van der Waals surface area contributed by atoms with Crippen LogP contribution in [0.4, 0.5) is 4.39 Å². The summed E-state index contributed by atoms with van der Waals surface area (Å²) in [6, 6.07) is 4.32. The van der Waals surface area contributed by atoms with Crippen LogP contribution in [0.2, 0.25) is 5.02 Å². The zero-order valence-electron chi connectivity index (χ0n) is 11.2. The van der Waals surface area contributed by atoms with E-state index in [0.29, 0.717) is 13.1 Å². The van der Waals surface area contributed by atoms with Gasteiger partial charge in [-0.25, -0.2) is 4.39 Å². The Morgan fingerprint density at radius 3 is 2.90 bits per heavy atom. The molecule has 2 amide bonds. The highest BCUT2D eigenvalue weighted by Crippen LogP contribution is 2.18. The van der Waals surface area contributed by atoms with Gasteiger partial charge >= 0.3 is 0 Å². The third-order valence-electron chi connectivity index (χ3n) is 3.42. The third kappa shape index (κ3) is 3.28. The molecule has 1 aliphatic heterocycles. The molecule has 2 rings (SSSR count). The van der Waals surface area contributed by atoms with Gasteiger partial charge in [-0.2, -0.15) is 0 Å². The lowest BCUT2D eigenvalue weighted by atomic mass is 10.1. The predicted octanol–water partition coefficient (Wildman–Crippen LogP) is 1.96. The average Bonchev–Trinajstić information content (AvgIpc) is 2.81. The molecular weight excluding hydrogens is 283 g/mol. The van der Waals surface area contributed by atoms with E-state index in [-0.39, 0.29) is 35.7 Å². The van der Waals surface area contributed by atoms with Crippen LogP contribution in [0.25, 0.3) is 0 Å². The Balaban J connectivity index is 1.89. The predicted molar refractivity (Wildman–Crippen MR) is 73.6 cm³/mol. The topological polar surface area (TPSA) is 49.4 Å². The highest BCUT2D eigenvalue weighted by Gasteiger charge is 2.33. The van der Waals surface area contributed by atoms with Crippen molar-refractivity contribution in [2.45, 2.75) is 19.9 Å². The standard InChI is InChI=1S/C14H16ClFN2O2/c1-2-18-8-10(6-13(18)19)14(20)17-7-9-3-4-12(16)11(15)5-9/h3-5,10H,2,6-8H2,1H3,(H,17,20). The molecule has 1 fully saturated rings. The number of nitrogens with zero attached hydrogens (tertiary/aromatic N) is 1. The summed E-state index contributed by atoms with van der Waals surface area (Å²) in [5, 5.41) is 2.79. The normalized spacial score (nSPS) is 18.4. The fourth-order valence-corrected chi connectivity index (χ4v) is 2.44. The van der Waals surface area contributed by atoms with Crippen molar-refractivity contribution in [2.75, 3.05) is 13.1 Å². The summed E-state index contributed by atoms with van der Waals surface area (Å²) in [6.45, 7) is 3.25. The van der Waals surface area contributed by atoms with Gasteiger partial charge in [0.25, 0.3) is 0 Å². The van der Waals surface area contributed by atoms with E-state index in [1.54, 1.807) is 11.0 Å². The van der Waals surface area contributed by atoms with Gasteiger partial charge in [-0.15, -0.1) is 0 Å². The summed E-state index contributed by atoms with van der Waals surface area (Å²) < 4.78 is 13.0. The Morgan fingerprint density at radius 2 is 2.30 bits per heavy atom. The average molecular weight is 299 g/mol. The van der Waals surface area contributed by atoms with E-state index >= 15 is 0 Å². The smallest absolute Gasteiger partial charge is 0.225 e. The SMILES string of the molecule is CCN1CC(C(=O)NCc2ccc(F)c(Cl)c2)CC1=O. The molecule has 108 valence electrons. The van der Waals surface area contributed by atoms with E-state index in [1.807, 2.05) is 6.92 Å². The van der Waals surface area contributed by atoms with Gasteiger partial charge in [0.15, 0.2) is 0 Å². The van der Waals surface area contributed by atoms with Crippen LogP contribution in [0.5, 0.6) is 0 Å². The molecule has 1 heterocycles. The van der Waals surface area contributed by atoms with Crippen LogP contribution in [0.15, 0.2) is 18.2 Å². The monoisotopic (exact) mass is 298 g/mol. The number of amides is 2. The Hall–Kier alpha value is -1.62. The third-order valence-corrected chi connectivity index (χ3v) is 3.71. The molecule has 0 bridgehead atoms. The summed E-state index contributed by atoms with van der Waals surface area (Å²) in [7, 11) is 0. The van der Waals surface area contributed by atoms with E-state index in [0.717, 1.165) is 5.56 Å². The van der Waals surface area contributed by atoms with Gasteiger partial charge in [0.2, 0.25) is 11.8 Å². The maximum Gasteiger partial charge on any atom is 0.225 e. The van der Waals surface area contributed by atoms with Crippen molar-refractivity contribution in [1.29, 1.82) is 0 Å². The first-order valence-corrected chi connectivity index (χ1v) is 6.88. The molecule has 0 saturated carbocycles. The van der Waals surface area contributed by atoms with Crippen LogP contribution in [0, 0.1) is 11.7 Å². The van der Waals surface area contributed by atoms with Crippen molar-refractivity contribution in [3.05, 3.63) is 34.6 Å². The van der Waals surface area contributed by atoms with Crippen LogP contribution in [0.1, 0.15) is 18.9 Å². The molecule has 1 aromatic rings. The van der Waals surface area contributed by atoms with Crippen LogP contribution in [-0.4, -0.2) is 29.8 Å². The van der Waals surface area contributed by atoms with Gasteiger partial charge in [-0.1, -0.05) is 17.7 Å². The highest BCUT2D eigenvalue weighted by atomic mass is 35.5. The molecule has 0 spiro atoms. The van der Waals surface area contributed by atoms with Crippen molar-refractivity contribution in [3.8, 4) is 0 Å². The number of carbonyl (C=O) groups is 2. The Labute approximate surface area is 121 Å². The van der Waals surface area contributed by atoms with E-state index in [2.05, 4.69) is 5.32 Å². The van der Waals surface area contributed by atoms with Gasteiger partial charge in [0.05, 0.1) is 10.9 Å². The first-order valence-electron chi connectivity index (χ1n) is 6.50. The Kier molecular flexibility index (Phi) is 4.60. The Bertz CT molecular complexity index is 536. The van der Waals surface area contributed by atoms with Gasteiger partial charge < -0.3 is 10.2 Å². The lowest BCUT2D eigenvalue weighted by Crippen LogP contribution is -2.32. The van der Waals surface area contributed by atoms with Crippen LogP contribution < -0.4 is 5.32 Å². The molecule has 0 aromatic heterocycles. The van der Waals surface area contributed by atoms with E-state index < -0.39 is 5.82 Å². The van der Waals surface area contributed by atoms with Crippen molar-refractivity contribution in [1.82, 2.24) is 10.2 Å². The van der Waals surface area contributed by atoms with Crippen LogP contribution in [-0.2, 0) is 16.1 Å². The number of rotatable bonds is 4. The molecule has 1 saturated heterocycles. The molecule has 0 aliphatic carbocycles. The number of benzene rings is 1. The van der Waals surface area contributed by atoms with Crippen molar-refractivity contribution < 1.29 is 14.0 Å². The molecule has 20 heavy (non-hydrogen) atoms. The summed E-state index contributed by atoms with van der Waals surface area (Å²) in [4.78, 5) is 25.2. The summed E-state index contributed by atoms with van der Waals surface area (Å²) in [5.74, 6) is -0.938.